The summed E-state index contributed by atoms with van der Waals surface area (Å²) in [5.41, 5.74) is 9.08. The fourth-order valence-corrected chi connectivity index (χ4v) is 2.73. The highest BCUT2D eigenvalue weighted by molar-refractivity contribution is 5.83. The van der Waals surface area contributed by atoms with Gasteiger partial charge in [-0.05, 0) is 35.2 Å². The van der Waals surface area contributed by atoms with E-state index in [1.807, 2.05) is 36.4 Å². The van der Waals surface area contributed by atoms with E-state index >= 15 is 0 Å². The first-order valence-corrected chi connectivity index (χ1v) is 7.05. The standard InChI is InChI=1S/C17H18N2O2/c18-16(13-4-2-1-3-5-13)17(21)19-9-8-12-6-7-15(20)10-14(12)11-19/h1-7,10,16,20H,8-9,11,18H2/t16-/m1/s1. The topological polar surface area (TPSA) is 66.6 Å². The Morgan fingerprint density at radius 3 is 2.67 bits per heavy atom. The van der Waals surface area contributed by atoms with Crippen LogP contribution in [0, 0.1) is 0 Å². The predicted molar refractivity (Wildman–Crippen MR) is 80.6 cm³/mol. The molecule has 3 N–H and O–H groups in total. The second kappa shape index (κ2) is 5.58. The Morgan fingerprint density at radius 1 is 1.14 bits per heavy atom. The van der Waals surface area contributed by atoms with Crippen LogP contribution < -0.4 is 5.73 Å². The quantitative estimate of drug-likeness (QED) is 0.885. The van der Waals surface area contributed by atoms with Gasteiger partial charge in [-0.15, -0.1) is 0 Å². The van der Waals surface area contributed by atoms with Gasteiger partial charge in [-0.25, -0.2) is 0 Å². The van der Waals surface area contributed by atoms with Gasteiger partial charge in [-0.1, -0.05) is 36.4 Å². The molecule has 0 aliphatic carbocycles. The van der Waals surface area contributed by atoms with Gasteiger partial charge in [0.1, 0.15) is 11.8 Å². The van der Waals surface area contributed by atoms with Gasteiger partial charge in [-0.2, -0.15) is 0 Å². The van der Waals surface area contributed by atoms with E-state index in [2.05, 4.69) is 0 Å². The van der Waals surface area contributed by atoms with E-state index in [-0.39, 0.29) is 11.7 Å². The number of nitrogens with zero attached hydrogens (tertiary/aromatic N) is 1. The number of amides is 1. The van der Waals surface area contributed by atoms with Crippen LogP contribution in [-0.2, 0) is 17.8 Å². The van der Waals surface area contributed by atoms with Gasteiger partial charge in [-0.3, -0.25) is 4.79 Å². The van der Waals surface area contributed by atoms with Crippen LogP contribution >= 0.6 is 0 Å². The molecule has 4 heteroatoms. The summed E-state index contributed by atoms with van der Waals surface area (Å²) in [4.78, 5) is 14.3. The third-order valence-electron chi connectivity index (χ3n) is 3.94. The lowest BCUT2D eigenvalue weighted by Gasteiger charge is -2.31. The van der Waals surface area contributed by atoms with Crippen LogP contribution in [0.2, 0.25) is 0 Å². The lowest BCUT2D eigenvalue weighted by atomic mass is 9.98. The Kier molecular flexibility index (Phi) is 3.62. The molecule has 0 fully saturated rings. The Balaban J connectivity index is 1.78. The summed E-state index contributed by atoms with van der Waals surface area (Å²) in [6, 6.07) is 14.1. The van der Waals surface area contributed by atoms with Gasteiger partial charge < -0.3 is 15.7 Å². The van der Waals surface area contributed by atoms with Gasteiger partial charge >= 0.3 is 0 Å². The number of fused-ring (bicyclic) bond motifs is 1. The largest absolute Gasteiger partial charge is 0.508 e. The molecule has 0 unspecified atom stereocenters. The number of aromatic hydroxyl groups is 1. The first-order valence-electron chi connectivity index (χ1n) is 7.05. The number of benzene rings is 2. The number of phenols is 1. The van der Waals surface area contributed by atoms with Crippen LogP contribution in [-0.4, -0.2) is 22.5 Å². The van der Waals surface area contributed by atoms with Gasteiger partial charge in [0.2, 0.25) is 5.91 Å². The third kappa shape index (κ3) is 2.76. The molecule has 1 amide bonds. The van der Waals surface area contributed by atoms with Crippen molar-refractivity contribution < 1.29 is 9.90 Å². The molecule has 0 radical (unpaired) electrons. The Hall–Kier alpha value is -2.33. The summed E-state index contributed by atoms with van der Waals surface area (Å²) in [6.45, 7) is 1.17. The maximum Gasteiger partial charge on any atom is 0.244 e. The lowest BCUT2D eigenvalue weighted by molar-refractivity contribution is -0.133. The van der Waals surface area contributed by atoms with Crippen LogP contribution in [0.1, 0.15) is 22.7 Å². The first-order chi connectivity index (χ1) is 10.1. The Labute approximate surface area is 123 Å². The zero-order valence-corrected chi connectivity index (χ0v) is 11.7. The number of nitrogens with two attached hydrogens (primary N) is 1. The Bertz CT molecular complexity index is 655. The summed E-state index contributed by atoms with van der Waals surface area (Å²) in [5.74, 6) is 0.158. The minimum atomic E-state index is -0.634. The van der Waals surface area contributed by atoms with Gasteiger partial charge in [0.05, 0.1) is 0 Å². The molecule has 1 heterocycles. The molecule has 21 heavy (non-hydrogen) atoms. The summed E-state index contributed by atoms with van der Waals surface area (Å²) in [7, 11) is 0. The van der Waals surface area contributed by atoms with E-state index in [0.717, 1.165) is 17.5 Å². The van der Waals surface area contributed by atoms with E-state index in [4.69, 9.17) is 5.73 Å². The number of hydrogen-bond acceptors (Lipinski definition) is 3. The molecule has 1 aliphatic heterocycles. The predicted octanol–water partition coefficient (Wildman–Crippen LogP) is 1.98. The smallest absolute Gasteiger partial charge is 0.244 e. The molecule has 0 spiro atoms. The lowest BCUT2D eigenvalue weighted by Crippen LogP contribution is -2.41. The highest BCUT2D eigenvalue weighted by Crippen LogP contribution is 2.25. The number of carbonyl (C=O) groups excluding carboxylic acids is 1. The molecule has 0 saturated carbocycles. The maximum absolute atomic E-state index is 12.5. The van der Waals surface area contributed by atoms with Crippen molar-refractivity contribution >= 4 is 5.91 Å². The Morgan fingerprint density at radius 2 is 1.90 bits per heavy atom. The fourth-order valence-electron chi connectivity index (χ4n) is 2.73. The molecular formula is C17H18N2O2. The number of carbonyl (C=O) groups is 1. The van der Waals surface area contributed by atoms with Crippen LogP contribution in [0.4, 0.5) is 0 Å². The average molecular weight is 282 g/mol. The van der Waals surface area contributed by atoms with Gasteiger partial charge in [0, 0.05) is 13.1 Å². The summed E-state index contributed by atoms with van der Waals surface area (Å²) in [5, 5.41) is 9.57. The average Bonchev–Trinajstić information content (AvgIpc) is 2.53. The van der Waals surface area contributed by atoms with Crippen LogP contribution in [0.15, 0.2) is 48.5 Å². The van der Waals surface area contributed by atoms with Crippen molar-refractivity contribution in [3.8, 4) is 5.75 Å². The molecule has 2 aromatic carbocycles. The molecule has 108 valence electrons. The first kappa shape index (κ1) is 13.6. The number of phenolic OH excluding ortho intramolecular Hbond substituents is 1. The zero-order valence-electron chi connectivity index (χ0n) is 11.7. The van der Waals surface area contributed by atoms with Crippen molar-refractivity contribution in [2.45, 2.75) is 19.0 Å². The van der Waals surface area contributed by atoms with Crippen molar-refractivity contribution in [1.82, 2.24) is 4.90 Å². The van der Waals surface area contributed by atoms with Crippen molar-refractivity contribution in [3.63, 3.8) is 0 Å². The molecule has 0 saturated heterocycles. The molecule has 2 aromatic rings. The van der Waals surface area contributed by atoms with E-state index in [0.29, 0.717) is 13.1 Å². The number of hydrogen-bond donors (Lipinski definition) is 2. The second-order valence-corrected chi connectivity index (χ2v) is 5.35. The third-order valence-corrected chi connectivity index (χ3v) is 3.94. The molecular weight excluding hydrogens is 264 g/mol. The van der Waals surface area contributed by atoms with Gasteiger partial charge in [0.25, 0.3) is 0 Å². The minimum absolute atomic E-state index is 0.0739. The van der Waals surface area contributed by atoms with E-state index in [9.17, 15) is 9.90 Å². The maximum atomic E-state index is 12.5. The SMILES string of the molecule is N[C@@H](C(=O)N1CCc2ccc(O)cc2C1)c1ccccc1. The second-order valence-electron chi connectivity index (χ2n) is 5.35. The normalized spacial score (nSPS) is 15.4. The molecule has 1 aliphatic rings. The number of rotatable bonds is 2. The molecule has 3 rings (SSSR count). The fraction of sp³-hybridized carbons (Fsp3) is 0.235. The van der Waals surface area contributed by atoms with Crippen molar-refractivity contribution in [3.05, 3.63) is 65.2 Å². The van der Waals surface area contributed by atoms with Crippen molar-refractivity contribution in [1.29, 1.82) is 0 Å². The van der Waals surface area contributed by atoms with Crippen LogP contribution in [0.5, 0.6) is 5.75 Å². The molecule has 4 nitrogen and oxygen atoms in total. The van der Waals surface area contributed by atoms with E-state index < -0.39 is 6.04 Å². The monoisotopic (exact) mass is 282 g/mol. The van der Waals surface area contributed by atoms with E-state index in [1.165, 1.54) is 5.56 Å². The van der Waals surface area contributed by atoms with Gasteiger partial charge in [0.15, 0.2) is 0 Å². The summed E-state index contributed by atoms with van der Waals surface area (Å²) < 4.78 is 0. The minimum Gasteiger partial charge on any atom is -0.508 e. The van der Waals surface area contributed by atoms with Crippen molar-refractivity contribution in [2.75, 3.05) is 6.54 Å². The van der Waals surface area contributed by atoms with Crippen LogP contribution in [0.25, 0.3) is 0 Å². The molecule has 0 aromatic heterocycles. The summed E-state index contributed by atoms with van der Waals surface area (Å²) >= 11 is 0. The van der Waals surface area contributed by atoms with Crippen LogP contribution in [0.3, 0.4) is 0 Å². The summed E-state index contributed by atoms with van der Waals surface area (Å²) in [6.07, 6.45) is 0.795. The van der Waals surface area contributed by atoms with E-state index in [1.54, 1.807) is 17.0 Å². The zero-order chi connectivity index (χ0) is 14.8. The molecule has 1 atom stereocenters. The molecule has 0 bridgehead atoms. The highest BCUT2D eigenvalue weighted by Gasteiger charge is 2.26. The highest BCUT2D eigenvalue weighted by atomic mass is 16.3. The van der Waals surface area contributed by atoms with Crippen molar-refractivity contribution in [2.24, 2.45) is 5.73 Å².